The van der Waals surface area contributed by atoms with Gasteiger partial charge in [-0.2, -0.15) is 13.5 Å². The number of hydrogen-bond acceptors (Lipinski definition) is 4. The number of sulfonamides is 1. The van der Waals surface area contributed by atoms with Crippen LogP contribution in [0.15, 0.2) is 34.3 Å². The molecule has 0 bridgehead atoms. The average molecular weight is 407 g/mol. The molecule has 0 unspecified atom stereocenters. The number of methoxy groups -OCH3 is 1. The molecule has 0 aromatic heterocycles. The fourth-order valence-electron chi connectivity index (χ4n) is 5.19. The van der Waals surface area contributed by atoms with E-state index in [2.05, 4.69) is 23.8 Å². The van der Waals surface area contributed by atoms with E-state index in [4.69, 9.17) is 4.74 Å². The highest BCUT2D eigenvalue weighted by Gasteiger charge is 2.50. The van der Waals surface area contributed by atoms with Crippen molar-refractivity contribution in [1.82, 2.24) is 4.83 Å². The molecule has 0 radical (unpaired) electrons. The average Bonchev–Trinajstić information content (AvgIpc) is 2.97. The summed E-state index contributed by atoms with van der Waals surface area (Å²) in [5.74, 6) is 0.389. The van der Waals surface area contributed by atoms with Crippen LogP contribution in [0.4, 0.5) is 0 Å². The van der Waals surface area contributed by atoms with Gasteiger partial charge in [0.1, 0.15) is 0 Å². The molecular weight excluding hydrogens is 372 g/mol. The van der Waals surface area contributed by atoms with Crippen molar-refractivity contribution in [2.24, 2.45) is 21.8 Å². The van der Waals surface area contributed by atoms with E-state index in [0.717, 1.165) is 37.7 Å². The van der Waals surface area contributed by atoms with E-state index < -0.39 is 10.0 Å². The zero-order chi connectivity index (χ0) is 20.4. The lowest BCUT2D eigenvalue weighted by Crippen LogP contribution is -2.42. The summed E-state index contributed by atoms with van der Waals surface area (Å²) >= 11 is 0. The van der Waals surface area contributed by atoms with Crippen LogP contribution in [0.5, 0.6) is 0 Å². The van der Waals surface area contributed by atoms with Crippen molar-refractivity contribution in [1.29, 1.82) is 0 Å². The van der Waals surface area contributed by atoms with Gasteiger partial charge in [-0.05, 0) is 62.5 Å². The molecule has 5 nitrogen and oxygen atoms in total. The molecule has 28 heavy (non-hydrogen) atoms. The Labute approximate surface area is 170 Å². The Kier molecular flexibility index (Phi) is 6.20. The summed E-state index contributed by atoms with van der Waals surface area (Å²) in [6.45, 7) is 6.53. The number of hydrogen-bond donors (Lipinski definition) is 1. The minimum absolute atomic E-state index is 0.111. The van der Waals surface area contributed by atoms with Crippen molar-refractivity contribution in [3.05, 3.63) is 29.8 Å². The van der Waals surface area contributed by atoms with E-state index in [1.807, 2.05) is 13.1 Å². The van der Waals surface area contributed by atoms with Gasteiger partial charge in [0.15, 0.2) is 0 Å². The van der Waals surface area contributed by atoms with Crippen LogP contribution in [0.3, 0.4) is 0 Å². The smallest absolute Gasteiger partial charge is 0.276 e. The minimum atomic E-state index is -3.65. The third-order valence-corrected chi connectivity index (χ3v) is 7.88. The summed E-state index contributed by atoms with van der Waals surface area (Å²) in [6.07, 6.45) is 9.88. The van der Waals surface area contributed by atoms with Crippen LogP contribution in [0.25, 0.3) is 0 Å². The molecule has 156 valence electrons. The fraction of sp³-hybridized carbons (Fsp3) is 0.682. The van der Waals surface area contributed by atoms with Crippen LogP contribution in [0, 0.1) is 23.7 Å². The third-order valence-electron chi connectivity index (χ3n) is 6.64. The van der Waals surface area contributed by atoms with Gasteiger partial charge in [0.25, 0.3) is 10.0 Å². The highest BCUT2D eigenvalue weighted by atomic mass is 32.2. The number of nitrogens with one attached hydrogen (secondary N) is 1. The lowest BCUT2D eigenvalue weighted by Gasteiger charge is -2.42. The second-order valence-corrected chi connectivity index (χ2v) is 11.1. The lowest BCUT2D eigenvalue weighted by molar-refractivity contribution is -0.0167. The van der Waals surface area contributed by atoms with Gasteiger partial charge in [0, 0.05) is 18.7 Å². The molecule has 1 aromatic carbocycles. The third kappa shape index (κ3) is 4.60. The predicted molar refractivity (Wildman–Crippen MR) is 113 cm³/mol. The van der Waals surface area contributed by atoms with Gasteiger partial charge in [-0.3, -0.25) is 0 Å². The van der Waals surface area contributed by atoms with E-state index >= 15 is 0 Å². The van der Waals surface area contributed by atoms with Crippen LogP contribution in [-0.2, 0) is 14.8 Å². The van der Waals surface area contributed by atoms with Gasteiger partial charge in [-0.1, -0.05) is 44.4 Å². The number of aryl methyl sites for hydroxylation is 1. The number of benzene rings is 1. The predicted octanol–water partition coefficient (Wildman–Crippen LogP) is 4.66. The van der Waals surface area contributed by atoms with Gasteiger partial charge < -0.3 is 4.74 Å². The van der Waals surface area contributed by atoms with Gasteiger partial charge in [0.2, 0.25) is 0 Å². The molecule has 0 aliphatic heterocycles. The first kappa shape index (κ1) is 21.3. The van der Waals surface area contributed by atoms with Crippen molar-refractivity contribution in [3.63, 3.8) is 0 Å². The molecule has 0 spiro atoms. The van der Waals surface area contributed by atoms with Gasteiger partial charge in [-0.25, -0.2) is 4.83 Å². The SMILES string of the molecule is CO[C@H]1CCCC[C@H]1[C@]1(/C=N/NS(=O)(=O)c2ccc(C)cc2)CCC(C)(C)C1. The van der Waals surface area contributed by atoms with Crippen molar-refractivity contribution in [3.8, 4) is 0 Å². The van der Waals surface area contributed by atoms with Crippen LogP contribution in [-0.4, -0.2) is 27.8 Å². The number of nitrogens with zero attached hydrogens (tertiary/aromatic N) is 1. The molecule has 2 fully saturated rings. The highest BCUT2D eigenvalue weighted by Crippen LogP contribution is 2.55. The standard InChI is InChI=1S/C22H34N2O3S/c1-17-9-11-18(12-10-17)28(25,26)24-23-16-22(14-13-21(2,3)15-22)19-7-5-6-8-20(19)27-4/h9-12,16,19-20,24H,5-8,13-15H2,1-4H3/b23-16+/t19-,20+,22-/m1/s1. The summed E-state index contributed by atoms with van der Waals surface area (Å²) in [5.41, 5.74) is 1.15. The first-order valence-electron chi connectivity index (χ1n) is 10.3. The first-order valence-corrected chi connectivity index (χ1v) is 11.8. The van der Waals surface area contributed by atoms with Crippen LogP contribution in [0.1, 0.15) is 64.4 Å². The number of rotatable bonds is 6. The zero-order valence-corrected chi connectivity index (χ0v) is 18.4. The largest absolute Gasteiger partial charge is 0.381 e. The zero-order valence-electron chi connectivity index (χ0n) is 17.6. The lowest BCUT2D eigenvalue weighted by atomic mass is 9.65. The molecule has 1 aromatic rings. The molecule has 1 N–H and O–H groups in total. The summed E-state index contributed by atoms with van der Waals surface area (Å²) < 4.78 is 31.0. The van der Waals surface area contributed by atoms with Crippen LogP contribution in [0.2, 0.25) is 0 Å². The molecular formula is C22H34N2O3S. The van der Waals surface area contributed by atoms with E-state index in [0.29, 0.717) is 5.92 Å². The van der Waals surface area contributed by atoms with Gasteiger partial charge in [-0.15, -0.1) is 0 Å². The van der Waals surface area contributed by atoms with Crippen LogP contribution < -0.4 is 4.83 Å². The Bertz CT molecular complexity index is 802. The molecule has 2 saturated carbocycles. The molecule has 3 rings (SSSR count). The summed E-state index contributed by atoms with van der Waals surface area (Å²) in [7, 11) is -1.85. The molecule has 6 heteroatoms. The normalized spacial score (nSPS) is 30.6. The van der Waals surface area contributed by atoms with E-state index in [-0.39, 0.29) is 21.8 Å². The van der Waals surface area contributed by atoms with Crippen molar-refractivity contribution < 1.29 is 13.2 Å². The van der Waals surface area contributed by atoms with Crippen molar-refractivity contribution >= 4 is 16.2 Å². The second-order valence-electron chi connectivity index (χ2n) is 9.41. The Hall–Kier alpha value is -1.40. The maximum Gasteiger partial charge on any atom is 0.276 e. The maximum absolute atomic E-state index is 12.6. The summed E-state index contributed by atoms with van der Waals surface area (Å²) in [6, 6.07) is 6.82. The Morgan fingerprint density at radius 3 is 2.43 bits per heavy atom. The van der Waals surface area contributed by atoms with Gasteiger partial charge >= 0.3 is 0 Å². The van der Waals surface area contributed by atoms with Crippen molar-refractivity contribution in [2.45, 2.75) is 76.7 Å². The molecule has 0 saturated heterocycles. The number of hydrazone groups is 1. The van der Waals surface area contributed by atoms with E-state index in [9.17, 15) is 8.42 Å². The summed E-state index contributed by atoms with van der Waals surface area (Å²) in [5, 5.41) is 4.29. The molecule has 0 amide bonds. The van der Waals surface area contributed by atoms with Gasteiger partial charge in [0.05, 0.1) is 11.0 Å². The highest BCUT2D eigenvalue weighted by molar-refractivity contribution is 7.89. The first-order chi connectivity index (χ1) is 13.2. The Morgan fingerprint density at radius 1 is 1.14 bits per heavy atom. The molecule has 3 atom stereocenters. The Morgan fingerprint density at radius 2 is 1.82 bits per heavy atom. The van der Waals surface area contributed by atoms with Crippen molar-refractivity contribution in [2.75, 3.05) is 7.11 Å². The Balaban J connectivity index is 1.83. The molecule has 0 heterocycles. The second kappa shape index (κ2) is 8.15. The monoisotopic (exact) mass is 406 g/mol. The summed E-state index contributed by atoms with van der Waals surface area (Å²) in [4.78, 5) is 2.69. The minimum Gasteiger partial charge on any atom is -0.381 e. The maximum atomic E-state index is 12.6. The van der Waals surface area contributed by atoms with Crippen LogP contribution >= 0.6 is 0 Å². The topological polar surface area (TPSA) is 67.8 Å². The molecule has 2 aliphatic rings. The fourth-order valence-corrected chi connectivity index (χ4v) is 5.98. The van der Waals surface area contributed by atoms with E-state index in [1.165, 1.54) is 12.8 Å². The van der Waals surface area contributed by atoms with E-state index in [1.54, 1.807) is 31.4 Å². The molecule has 2 aliphatic carbocycles. The number of ether oxygens (including phenoxy) is 1. The quantitative estimate of drug-likeness (QED) is 0.552.